The van der Waals surface area contributed by atoms with E-state index in [9.17, 15) is 14.4 Å². The van der Waals surface area contributed by atoms with Crippen LogP contribution in [0.3, 0.4) is 0 Å². The van der Waals surface area contributed by atoms with Gasteiger partial charge in [0.1, 0.15) is 34.5 Å². The number of aryl methyl sites for hydroxylation is 4. The zero-order chi connectivity index (χ0) is 37.7. The van der Waals surface area contributed by atoms with Crippen LogP contribution in [0.4, 0.5) is 5.82 Å². The number of hydrogen-bond acceptors (Lipinski definition) is 9. The first-order valence-corrected chi connectivity index (χ1v) is 19.8. The molecule has 0 spiro atoms. The number of Topliss-reactive ketones (excluding diaryl/α,β-unsaturated/α-hetero) is 1. The van der Waals surface area contributed by atoms with Crippen LogP contribution in [0.25, 0.3) is 22.0 Å². The summed E-state index contributed by atoms with van der Waals surface area (Å²) in [6.07, 6.45) is 14.2. The zero-order valence-corrected chi connectivity index (χ0v) is 32.8. The lowest BCUT2D eigenvalue weighted by molar-refractivity contribution is -0.138. The Morgan fingerprint density at radius 1 is 0.981 bits per heavy atom. The lowest BCUT2D eigenvalue weighted by Crippen LogP contribution is -2.47. The van der Waals surface area contributed by atoms with Crippen LogP contribution in [0.1, 0.15) is 91.9 Å². The summed E-state index contributed by atoms with van der Waals surface area (Å²) in [7, 11) is 0. The van der Waals surface area contributed by atoms with Gasteiger partial charge in [0.15, 0.2) is 5.78 Å². The van der Waals surface area contributed by atoms with Crippen LogP contribution in [0.5, 0.6) is 0 Å². The molecule has 0 radical (unpaired) electrons. The zero-order valence-electron chi connectivity index (χ0n) is 31.2. The Kier molecular flexibility index (Phi) is 9.65. The number of hydrogen-bond donors (Lipinski definition) is 1. The molecule has 4 aromatic heterocycles. The number of pyridine rings is 1. The predicted octanol–water partition coefficient (Wildman–Crippen LogP) is 6.45. The molecule has 2 fully saturated rings. The number of halogens is 1. The van der Waals surface area contributed by atoms with E-state index in [1.165, 1.54) is 6.92 Å². The van der Waals surface area contributed by atoms with E-state index in [0.717, 1.165) is 84.8 Å². The number of nitrogens with one attached hydrogen (secondary N) is 1. The summed E-state index contributed by atoms with van der Waals surface area (Å²) in [6.45, 7) is 7.84. The Labute approximate surface area is 322 Å². The molecule has 54 heavy (non-hydrogen) atoms. The third kappa shape index (κ3) is 6.73. The maximum Gasteiger partial charge on any atom is 0.248 e. The van der Waals surface area contributed by atoms with Gasteiger partial charge in [-0.05, 0) is 103 Å². The molecule has 13 nitrogen and oxygen atoms in total. The lowest BCUT2D eigenvalue weighted by Gasteiger charge is -2.28. The maximum absolute atomic E-state index is 14.8. The van der Waals surface area contributed by atoms with Gasteiger partial charge in [-0.2, -0.15) is 5.10 Å². The molecule has 14 heteroatoms. The van der Waals surface area contributed by atoms with E-state index in [1.807, 2.05) is 42.9 Å². The molecule has 5 aromatic rings. The molecule has 4 atom stereocenters. The van der Waals surface area contributed by atoms with Gasteiger partial charge in [0.2, 0.25) is 11.8 Å². The SMILES string of the molecule is CC(=O)c1nn2c3c(cc(-c4cnc(C)nc4)cc13)CCCCCCCCc1cn(nn1)C[C@@]13C[C@@H](C(=O)Nc4nc(Br)ccc4C)N(C(=O)C2)C1[C@@H]3C. The molecule has 4 bridgehead atoms. The van der Waals surface area contributed by atoms with Gasteiger partial charge in [0, 0.05) is 47.9 Å². The minimum Gasteiger partial charge on any atom is -0.325 e. The van der Waals surface area contributed by atoms with Crippen LogP contribution in [-0.2, 0) is 35.5 Å². The van der Waals surface area contributed by atoms with E-state index in [1.54, 1.807) is 22.0 Å². The summed E-state index contributed by atoms with van der Waals surface area (Å²) in [6, 6.07) is 6.89. The molecule has 8 rings (SSSR count). The average molecular weight is 794 g/mol. The van der Waals surface area contributed by atoms with Gasteiger partial charge in [-0.3, -0.25) is 23.7 Å². The van der Waals surface area contributed by atoms with Crippen molar-refractivity contribution in [3.05, 3.63) is 75.8 Å². The van der Waals surface area contributed by atoms with Crippen molar-refractivity contribution in [2.45, 2.75) is 111 Å². The monoisotopic (exact) mass is 792 g/mol. The highest BCUT2D eigenvalue weighted by Crippen LogP contribution is 2.65. The number of ketones is 1. The summed E-state index contributed by atoms with van der Waals surface area (Å²) in [5.41, 5.74) is 5.30. The first kappa shape index (κ1) is 36.1. The van der Waals surface area contributed by atoms with Crippen LogP contribution < -0.4 is 5.32 Å². The molecule has 1 N–H and O–H groups in total. The summed E-state index contributed by atoms with van der Waals surface area (Å²) in [5, 5.41) is 17.5. The average Bonchev–Trinajstić information content (AvgIpc) is 3.58. The minimum atomic E-state index is -0.738. The fourth-order valence-electron chi connectivity index (χ4n) is 8.88. The molecule has 6 heterocycles. The van der Waals surface area contributed by atoms with Crippen LogP contribution in [-0.4, -0.2) is 74.3 Å². The molecule has 280 valence electrons. The number of amides is 2. The van der Waals surface area contributed by atoms with Crippen LogP contribution in [0.2, 0.25) is 0 Å². The smallest absolute Gasteiger partial charge is 0.248 e. The fourth-order valence-corrected chi connectivity index (χ4v) is 9.19. The number of piperidine rings is 1. The van der Waals surface area contributed by atoms with Crippen molar-refractivity contribution in [3.63, 3.8) is 0 Å². The molecule has 1 aliphatic carbocycles. The molecule has 1 aromatic carbocycles. The Balaban J connectivity index is 1.20. The quantitative estimate of drug-likeness (QED) is 0.160. The van der Waals surface area contributed by atoms with Crippen LogP contribution in [0, 0.1) is 25.2 Å². The number of anilines is 1. The Hall–Kier alpha value is -4.85. The highest BCUT2D eigenvalue weighted by molar-refractivity contribution is 9.10. The van der Waals surface area contributed by atoms with E-state index >= 15 is 0 Å². The molecule has 3 aliphatic rings. The van der Waals surface area contributed by atoms with E-state index in [-0.39, 0.29) is 41.5 Å². The second-order valence-corrected chi connectivity index (χ2v) is 16.2. The van der Waals surface area contributed by atoms with Gasteiger partial charge in [-0.1, -0.05) is 43.9 Å². The van der Waals surface area contributed by atoms with Crippen molar-refractivity contribution >= 4 is 50.2 Å². The third-order valence-corrected chi connectivity index (χ3v) is 12.2. The van der Waals surface area contributed by atoms with Gasteiger partial charge >= 0.3 is 0 Å². The maximum atomic E-state index is 14.8. The Bertz CT molecular complexity index is 2270. The van der Waals surface area contributed by atoms with Gasteiger partial charge in [-0.15, -0.1) is 5.10 Å². The first-order valence-electron chi connectivity index (χ1n) is 19.0. The molecule has 2 aliphatic heterocycles. The molecule has 2 amide bonds. The number of nitrogens with zero attached hydrogens (tertiary/aromatic N) is 9. The van der Waals surface area contributed by atoms with Gasteiger partial charge in [0.05, 0.1) is 17.8 Å². The number of aromatic nitrogens is 8. The number of benzene rings is 1. The number of rotatable bonds is 4. The van der Waals surface area contributed by atoms with Gasteiger partial charge in [0.25, 0.3) is 0 Å². The van der Waals surface area contributed by atoms with Crippen LogP contribution in [0.15, 0.2) is 47.5 Å². The standard InChI is InChI=1S/C40H45BrN10O3/c1-23-13-14-33(41)44-38(23)45-39(54)32-17-40-22-49-20-30(46-48-49)12-10-8-6-5-7-9-11-27-15-28(29-18-42-26(4)43-19-29)16-31-35(25(3)52)47-50(36(27)31)21-34(53)51(32)37(40)24(40)2/h13-16,18-20,24,32,37H,5-12,17,21-22H2,1-4H3,(H,44,45,54)/t24-,32-,37?,40+/m0/s1. The second-order valence-electron chi connectivity index (χ2n) is 15.4. The normalized spacial score (nSPS) is 23.2. The summed E-state index contributed by atoms with van der Waals surface area (Å²) in [4.78, 5) is 57.4. The minimum absolute atomic E-state index is 0.117. The van der Waals surface area contributed by atoms with Crippen molar-refractivity contribution in [3.8, 4) is 11.1 Å². The molecule has 1 saturated heterocycles. The fraction of sp³-hybridized carbons (Fsp3) is 0.475. The van der Waals surface area contributed by atoms with Crippen molar-refractivity contribution in [1.82, 2.24) is 44.6 Å². The van der Waals surface area contributed by atoms with Gasteiger partial charge in [-0.25, -0.2) is 15.0 Å². The first-order chi connectivity index (χ1) is 26.0. The summed E-state index contributed by atoms with van der Waals surface area (Å²) in [5.74, 6) is 0.575. The van der Waals surface area contributed by atoms with E-state index in [0.29, 0.717) is 40.3 Å². The highest BCUT2D eigenvalue weighted by atomic mass is 79.9. The van der Waals surface area contributed by atoms with E-state index in [2.05, 4.69) is 59.5 Å². The van der Waals surface area contributed by atoms with E-state index in [4.69, 9.17) is 5.10 Å². The number of carbonyl (C=O) groups is 3. The highest BCUT2D eigenvalue weighted by Gasteiger charge is 2.72. The second kappa shape index (κ2) is 14.4. The third-order valence-electron chi connectivity index (χ3n) is 11.8. The van der Waals surface area contributed by atoms with Crippen molar-refractivity contribution in [1.29, 1.82) is 0 Å². The molecular weight excluding hydrogens is 748 g/mol. The molecule has 1 unspecified atom stereocenters. The number of carbonyl (C=O) groups excluding carboxylic acids is 3. The predicted molar refractivity (Wildman–Crippen MR) is 207 cm³/mol. The Morgan fingerprint density at radius 3 is 2.48 bits per heavy atom. The van der Waals surface area contributed by atoms with Crippen molar-refractivity contribution < 1.29 is 14.4 Å². The molecule has 1 saturated carbocycles. The summed E-state index contributed by atoms with van der Waals surface area (Å²) >= 11 is 3.42. The topological polar surface area (TPSA) is 154 Å². The Morgan fingerprint density at radius 2 is 1.72 bits per heavy atom. The van der Waals surface area contributed by atoms with Gasteiger partial charge < -0.3 is 10.2 Å². The van der Waals surface area contributed by atoms with E-state index < -0.39 is 6.04 Å². The lowest BCUT2D eigenvalue weighted by atomic mass is 9.95. The van der Waals surface area contributed by atoms with Crippen LogP contribution >= 0.6 is 15.9 Å². The molecular formula is C40H45BrN10O3. The number of fused-ring (bicyclic) bond motifs is 2. The van der Waals surface area contributed by atoms with Crippen molar-refractivity contribution in [2.75, 3.05) is 5.32 Å². The van der Waals surface area contributed by atoms with Crippen molar-refractivity contribution in [2.24, 2.45) is 11.3 Å². The summed E-state index contributed by atoms with van der Waals surface area (Å²) < 4.78 is 4.20. The largest absolute Gasteiger partial charge is 0.325 e.